The maximum Gasteiger partial charge on any atom is 0.261 e. The molecule has 2 N–H and O–H groups in total. The lowest BCUT2D eigenvalue weighted by molar-refractivity contribution is 0.0751. The molecule has 5 nitrogen and oxygen atoms in total. The molecule has 102 valence electrons. The molecule has 1 fully saturated rings. The van der Waals surface area contributed by atoms with Crippen LogP contribution in [0.2, 0.25) is 0 Å². The number of anilines is 1. The molecule has 0 amide bonds. The molecule has 0 saturated heterocycles. The van der Waals surface area contributed by atoms with E-state index in [0.29, 0.717) is 17.6 Å². The molecule has 0 radical (unpaired) electrons. The van der Waals surface area contributed by atoms with E-state index in [9.17, 15) is 0 Å². The fraction of sp³-hybridized carbons (Fsp3) is 0.538. The number of thiophene rings is 1. The van der Waals surface area contributed by atoms with Gasteiger partial charge in [0, 0.05) is 12.0 Å². The van der Waals surface area contributed by atoms with Gasteiger partial charge in [0.15, 0.2) is 0 Å². The van der Waals surface area contributed by atoms with Crippen molar-refractivity contribution < 1.29 is 9.26 Å². The second kappa shape index (κ2) is 4.61. The maximum absolute atomic E-state index is 6.02. The van der Waals surface area contributed by atoms with Gasteiger partial charge in [0.2, 0.25) is 5.82 Å². The molecule has 19 heavy (non-hydrogen) atoms. The third-order valence-electron chi connectivity index (χ3n) is 3.63. The molecule has 1 aliphatic carbocycles. The number of nitrogens with zero attached hydrogens (tertiary/aromatic N) is 2. The zero-order chi connectivity index (χ0) is 13.6. The summed E-state index contributed by atoms with van der Waals surface area (Å²) in [5.74, 6) is 1.65. The Kier molecular flexibility index (Phi) is 3.06. The average Bonchev–Trinajstić information content (AvgIpc) is 3.03. The maximum atomic E-state index is 6.02. The largest absolute Gasteiger partial charge is 0.390 e. The van der Waals surface area contributed by atoms with Crippen molar-refractivity contribution in [2.24, 2.45) is 5.92 Å². The number of methoxy groups -OCH3 is 1. The molecule has 0 aliphatic heterocycles. The molecule has 1 atom stereocenters. The molecule has 2 heterocycles. The molecule has 2 aromatic heterocycles. The Bertz CT molecular complexity index is 601. The van der Waals surface area contributed by atoms with Gasteiger partial charge in [-0.3, -0.25) is 0 Å². The molecule has 0 aromatic carbocycles. The fourth-order valence-electron chi connectivity index (χ4n) is 2.28. The molecular weight excluding hydrogens is 262 g/mol. The number of nitrogen functional groups attached to an aromatic ring is 1. The first kappa shape index (κ1) is 12.6. The highest BCUT2D eigenvalue weighted by Crippen LogP contribution is 2.43. The summed E-state index contributed by atoms with van der Waals surface area (Å²) in [6.07, 6.45) is 2.28. The molecular formula is C13H17N3O2S. The van der Waals surface area contributed by atoms with Crippen LogP contribution in [0.25, 0.3) is 11.5 Å². The Balaban J connectivity index is 1.96. The lowest BCUT2D eigenvalue weighted by Gasteiger charge is -2.08. The van der Waals surface area contributed by atoms with Gasteiger partial charge in [-0.1, -0.05) is 5.16 Å². The van der Waals surface area contributed by atoms with E-state index in [-0.39, 0.29) is 6.10 Å². The minimum Gasteiger partial charge on any atom is -0.390 e. The summed E-state index contributed by atoms with van der Waals surface area (Å²) in [4.78, 5) is 5.65. The van der Waals surface area contributed by atoms with Crippen LogP contribution in [0.1, 0.15) is 35.2 Å². The minimum absolute atomic E-state index is 0.0567. The van der Waals surface area contributed by atoms with Crippen LogP contribution in [0.3, 0.4) is 0 Å². The number of aromatic nitrogens is 2. The number of ether oxygens (including phenoxy) is 1. The fourth-order valence-corrected chi connectivity index (χ4v) is 3.21. The van der Waals surface area contributed by atoms with Gasteiger partial charge in [-0.05, 0) is 38.2 Å². The first-order valence-corrected chi connectivity index (χ1v) is 7.15. The zero-order valence-electron chi connectivity index (χ0n) is 11.3. The van der Waals surface area contributed by atoms with E-state index in [1.807, 2.05) is 13.8 Å². The number of rotatable bonds is 4. The van der Waals surface area contributed by atoms with Gasteiger partial charge < -0.3 is 15.0 Å². The lowest BCUT2D eigenvalue weighted by atomic mass is 10.1. The van der Waals surface area contributed by atoms with Gasteiger partial charge in [0.1, 0.15) is 6.10 Å². The van der Waals surface area contributed by atoms with E-state index in [1.54, 1.807) is 18.4 Å². The predicted octanol–water partition coefficient (Wildman–Crippen LogP) is 3.09. The van der Waals surface area contributed by atoms with E-state index in [0.717, 1.165) is 16.1 Å². The highest BCUT2D eigenvalue weighted by atomic mass is 32.1. The van der Waals surface area contributed by atoms with E-state index in [1.165, 1.54) is 17.7 Å². The molecule has 1 aliphatic rings. The summed E-state index contributed by atoms with van der Waals surface area (Å²) in [5, 5.41) is 4.78. The van der Waals surface area contributed by atoms with Gasteiger partial charge in [-0.2, -0.15) is 4.98 Å². The first-order valence-electron chi connectivity index (χ1n) is 6.34. The monoisotopic (exact) mass is 279 g/mol. The number of hydrogen-bond acceptors (Lipinski definition) is 6. The van der Waals surface area contributed by atoms with Crippen LogP contribution in [0.15, 0.2) is 4.52 Å². The highest BCUT2D eigenvalue weighted by Gasteiger charge is 2.36. The Morgan fingerprint density at radius 3 is 2.68 bits per heavy atom. The van der Waals surface area contributed by atoms with Crippen LogP contribution in [0.4, 0.5) is 5.00 Å². The Hall–Kier alpha value is -1.40. The van der Waals surface area contributed by atoms with Crippen LogP contribution in [-0.2, 0) is 4.74 Å². The van der Waals surface area contributed by atoms with Crippen molar-refractivity contribution in [3.63, 3.8) is 0 Å². The van der Waals surface area contributed by atoms with Crippen molar-refractivity contribution >= 4 is 16.3 Å². The number of aryl methyl sites for hydroxylation is 1. The van der Waals surface area contributed by atoms with Gasteiger partial charge in [-0.15, -0.1) is 11.3 Å². The van der Waals surface area contributed by atoms with E-state index < -0.39 is 0 Å². The van der Waals surface area contributed by atoms with E-state index in [4.69, 9.17) is 15.0 Å². The minimum atomic E-state index is -0.0567. The van der Waals surface area contributed by atoms with Crippen molar-refractivity contribution in [3.05, 3.63) is 16.3 Å². The third kappa shape index (κ3) is 2.15. The van der Waals surface area contributed by atoms with Crippen LogP contribution >= 0.6 is 11.3 Å². The van der Waals surface area contributed by atoms with Crippen molar-refractivity contribution in [2.75, 3.05) is 12.8 Å². The van der Waals surface area contributed by atoms with E-state index in [2.05, 4.69) is 10.1 Å². The van der Waals surface area contributed by atoms with Crippen molar-refractivity contribution in [1.29, 1.82) is 0 Å². The standard InChI is InChI=1S/C13H17N3O2S/c1-6-7(2)19-11(14)9(6)13-15-12(16-18-13)10(17-3)8-4-5-8/h8,10H,4-5,14H2,1-3H3. The van der Waals surface area contributed by atoms with Crippen LogP contribution in [0, 0.1) is 19.8 Å². The van der Waals surface area contributed by atoms with Gasteiger partial charge in [0.05, 0.1) is 10.6 Å². The van der Waals surface area contributed by atoms with Gasteiger partial charge in [0.25, 0.3) is 5.89 Å². The molecule has 0 spiro atoms. The van der Waals surface area contributed by atoms with Crippen molar-refractivity contribution in [2.45, 2.75) is 32.8 Å². The van der Waals surface area contributed by atoms with Crippen molar-refractivity contribution in [1.82, 2.24) is 10.1 Å². The van der Waals surface area contributed by atoms with Crippen LogP contribution in [-0.4, -0.2) is 17.3 Å². The number of hydrogen-bond donors (Lipinski definition) is 1. The van der Waals surface area contributed by atoms with Gasteiger partial charge >= 0.3 is 0 Å². The number of nitrogens with two attached hydrogens (primary N) is 1. The quantitative estimate of drug-likeness (QED) is 0.930. The molecule has 1 saturated carbocycles. The van der Waals surface area contributed by atoms with Crippen molar-refractivity contribution in [3.8, 4) is 11.5 Å². The SMILES string of the molecule is COC(c1noc(-c2c(N)sc(C)c2C)n1)C1CC1. The second-order valence-electron chi connectivity index (χ2n) is 4.97. The summed E-state index contributed by atoms with van der Waals surface area (Å²) in [6, 6.07) is 0. The topological polar surface area (TPSA) is 74.2 Å². The zero-order valence-corrected chi connectivity index (χ0v) is 12.1. The summed E-state index contributed by atoms with van der Waals surface area (Å²) in [7, 11) is 1.69. The Morgan fingerprint density at radius 2 is 2.16 bits per heavy atom. The first-order chi connectivity index (χ1) is 9.11. The smallest absolute Gasteiger partial charge is 0.261 e. The highest BCUT2D eigenvalue weighted by molar-refractivity contribution is 7.16. The van der Waals surface area contributed by atoms with E-state index >= 15 is 0 Å². The predicted molar refractivity (Wildman–Crippen MR) is 74.0 cm³/mol. The van der Waals surface area contributed by atoms with Crippen LogP contribution in [0.5, 0.6) is 0 Å². The molecule has 1 unspecified atom stereocenters. The van der Waals surface area contributed by atoms with Crippen LogP contribution < -0.4 is 5.73 Å². The molecule has 6 heteroatoms. The Morgan fingerprint density at radius 1 is 1.42 bits per heavy atom. The summed E-state index contributed by atoms with van der Waals surface area (Å²) < 4.78 is 10.8. The average molecular weight is 279 g/mol. The summed E-state index contributed by atoms with van der Waals surface area (Å²) >= 11 is 1.55. The lowest BCUT2D eigenvalue weighted by Crippen LogP contribution is -2.05. The third-order valence-corrected chi connectivity index (χ3v) is 4.66. The van der Waals surface area contributed by atoms with Gasteiger partial charge in [-0.25, -0.2) is 0 Å². The normalized spacial score (nSPS) is 16.8. The molecule has 2 aromatic rings. The summed E-state index contributed by atoms with van der Waals surface area (Å²) in [6.45, 7) is 4.06. The Labute approximate surface area is 115 Å². The molecule has 3 rings (SSSR count). The summed E-state index contributed by atoms with van der Waals surface area (Å²) in [5.41, 5.74) is 8.00. The second-order valence-corrected chi connectivity index (χ2v) is 6.23. The molecule has 0 bridgehead atoms.